The largest absolute Gasteiger partial charge is 0.355 e. The first-order valence-electron chi connectivity index (χ1n) is 6.35. The lowest BCUT2D eigenvalue weighted by molar-refractivity contribution is -0.132. The molecule has 0 bridgehead atoms. The number of hydrogen-bond donors (Lipinski definition) is 2. The van der Waals surface area contributed by atoms with Gasteiger partial charge in [0.25, 0.3) is 0 Å². The van der Waals surface area contributed by atoms with Gasteiger partial charge in [-0.2, -0.15) is 0 Å². The quantitative estimate of drug-likeness (QED) is 0.553. The smallest absolute Gasteiger partial charge is 0.227 e. The zero-order valence-electron chi connectivity index (χ0n) is 10.5. The Hall–Kier alpha value is -0.830. The van der Waals surface area contributed by atoms with Gasteiger partial charge in [0.15, 0.2) is 0 Å². The van der Waals surface area contributed by atoms with Crippen LogP contribution in [0.3, 0.4) is 0 Å². The molecule has 1 fully saturated rings. The standard InChI is InChI=1S/C13H24N2O/c1-3-5-6-10-15-12(16)13(4-2)8-7-9-14-11-13/h3,5,14H,4,6-11H2,1-2H3,(H,15,16)/b5-3+. The molecule has 92 valence electrons. The van der Waals surface area contributed by atoms with Crippen molar-refractivity contribution in [1.82, 2.24) is 10.6 Å². The molecule has 0 aromatic carbocycles. The summed E-state index contributed by atoms with van der Waals surface area (Å²) in [7, 11) is 0. The average molecular weight is 224 g/mol. The topological polar surface area (TPSA) is 41.1 Å². The molecular weight excluding hydrogens is 200 g/mol. The van der Waals surface area contributed by atoms with Crippen molar-refractivity contribution in [2.24, 2.45) is 5.41 Å². The highest BCUT2D eigenvalue weighted by Crippen LogP contribution is 2.30. The second kappa shape index (κ2) is 6.69. The van der Waals surface area contributed by atoms with Gasteiger partial charge in [0.05, 0.1) is 5.41 Å². The third-order valence-electron chi connectivity index (χ3n) is 3.46. The number of piperidine rings is 1. The summed E-state index contributed by atoms with van der Waals surface area (Å²) in [6.45, 7) is 6.75. The molecule has 3 heteroatoms. The van der Waals surface area contributed by atoms with Gasteiger partial charge < -0.3 is 10.6 Å². The lowest BCUT2D eigenvalue weighted by atomic mass is 9.77. The Morgan fingerprint density at radius 3 is 2.94 bits per heavy atom. The molecule has 1 rings (SSSR count). The number of allylic oxidation sites excluding steroid dienone is 1. The summed E-state index contributed by atoms with van der Waals surface area (Å²) in [5.74, 6) is 0.228. The fourth-order valence-electron chi connectivity index (χ4n) is 2.25. The van der Waals surface area contributed by atoms with Gasteiger partial charge in [-0.25, -0.2) is 0 Å². The van der Waals surface area contributed by atoms with Crippen molar-refractivity contribution in [3.63, 3.8) is 0 Å². The first-order chi connectivity index (χ1) is 7.75. The lowest BCUT2D eigenvalue weighted by Gasteiger charge is -2.35. The molecule has 0 aromatic heterocycles. The maximum atomic E-state index is 12.1. The normalized spacial score (nSPS) is 25.9. The van der Waals surface area contributed by atoms with Crippen LogP contribution >= 0.6 is 0 Å². The van der Waals surface area contributed by atoms with Gasteiger partial charge in [-0.1, -0.05) is 19.1 Å². The molecule has 0 aromatic rings. The van der Waals surface area contributed by atoms with E-state index in [2.05, 4.69) is 23.6 Å². The van der Waals surface area contributed by atoms with E-state index < -0.39 is 0 Å². The summed E-state index contributed by atoms with van der Waals surface area (Å²) in [6.07, 6.45) is 8.08. The molecule has 2 N–H and O–H groups in total. The highest BCUT2D eigenvalue weighted by molar-refractivity contribution is 5.83. The first kappa shape index (κ1) is 13.2. The zero-order valence-corrected chi connectivity index (χ0v) is 10.5. The third-order valence-corrected chi connectivity index (χ3v) is 3.46. The van der Waals surface area contributed by atoms with E-state index in [1.165, 1.54) is 0 Å². The van der Waals surface area contributed by atoms with E-state index in [9.17, 15) is 4.79 Å². The molecule has 1 saturated heterocycles. The fraction of sp³-hybridized carbons (Fsp3) is 0.769. The predicted molar refractivity (Wildman–Crippen MR) is 67.3 cm³/mol. The van der Waals surface area contributed by atoms with Crippen molar-refractivity contribution in [2.45, 2.75) is 39.5 Å². The molecule has 0 aliphatic carbocycles. The van der Waals surface area contributed by atoms with Crippen LogP contribution in [0.5, 0.6) is 0 Å². The Kier molecular flexibility index (Phi) is 5.53. The van der Waals surface area contributed by atoms with E-state index in [0.717, 1.165) is 45.3 Å². The molecule has 1 atom stereocenters. The van der Waals surface area contributed by atoms with E-state index in [1.807, 2.05) is 13.0 Å². The number of hydrogen-bond acceptors (Lipinski definition) is 2. The Bertz CT molecular complexity index is 242. The molecule has 16 heavy (non-hydrogen) atoms. The summed E-state index contributed by atoms with van der Waals surface area (Å²) in [6, 6.07) is 0. The van der Waals surface area contributed by atoms with Crippen molar-refractivity contribution in [3.05, 3.63) is 12.2 Å². The van der Waals surface area contributed by atoms with Gasteiger partial charge in [-0.15, -0.1) is 0 Å². The van der Waals surface area contributed by atoms with Crippen LogP contribution < -0.4 is 10.6 Å². The Balaban J connectivity index is 2.42. The van der Waals surface area contributed by atoms with Gasteiger partial charge in [-0.3, -0.25) is 4.79 Å². The predicted octanol–water partition coefficient (Wildman–Crippen LogP) is 1.85. The van der Waals surface area contributed by atoms with Crippen LogP contribution in [0.25, 0.3) is 0 Å². The molecule has 1 unspecified atom stereocenters. The van der Waals surface area contributed by atoms with Crippen molar-refractivity contribution in [3.8, 4) is 0 Å². The highest BCUT2D eigenvalue weighted by Gasteiger charge is 2.37. The molecule has 3 nitrogen and oxygen atoms in total. The summed E-state index contributed by atoms with van der Waals surface area (Å²) in [4.78, 5) is 12.1. The highest BCUT2D eigenvalue weighted by atomic mass is 16.2. The molecular formula is C13H24N2O. The monoisotopic (exact) mass is 224 g/mol. The minimum absolute atomic E-state index is 0.159. The van der Waals surface area contributed by atoms with E-state index in [-0.39, 0.29) is 11.3 Å². The minimum atomic E-state index is -0.159. The van der Waals surface area contributed by atoms with Crippen LogP contribution in [0.2, 0.25) is 0 Å². The molecule has 1 aliphatic rings. The zero-order chi connectivity index (χ0) is 11.9. The molecule has 1 amide bonds. The lowest BCUT2D eigenvalue weighted by Crippen LogP contribution is -2.50. The van der Waals surface area contributed by atoms with Crippen molar-refractivity contribution in [2.75, 3.05) is 19.6 Å². The number of carbonyl (C=O) groups is 1. The van der Waals surface area contributed by atoms with E-state index in [1.54, 1.807) is 0 Å². The Labute approximate surface area is 98.7 Å². The average Bonchev–Trinajstić information content (AvgIpc) is 2.35. The third kappa shape index (κ3) is 3.34. The Morgan fingerprint density at radius 1 is 1.56 bits per heavy atom. The van der Waals surface area contributed by atoms with Crippen molar-refractivity contribution >= 4 is 5.91 Å². The van der Waals surface area contributed by atoms with E-state index in [4.69, 9.17) is 0 Å². The first-order valence-corrected chi connectivity index (χ1v) is 6.35. The molecule has 0 radical (unpaired) electrons. The Morgan fingerprint density at radius 2 is 2.38 bits per heavy atom. The van der Waals surface area contributed by atoms with Gasteiger partial charge in [0.1, 0.15) is 0 Å². The second-order valence-corrected chi connectivity index (χ2v) is 4.53. The van der Waals surface area contributed by atoms with E-state index >= 15 is 0 Å². The van der Waals surface area contributed by atoms with Crippen molar-refractivity contribution in [1.29, 1.82) is 0 Å². The maximum Gasteiger partial charge on any atom is 0.227 e. The molecule has 1 aliphatic heterocycles. The van der Waals surface area contributed by atoms with Crippen LogP contribution in [0.1, 0.15) is 39.5 Å². The van der Waals surface area contributed by atoms with Gasteiger partial charge in [0, 0.05) is 13.1 Å². The molecule has 0 spiro atoms. The van der Waals surface area contributed by atoms with Crippen LogP contribution in [-0.2, 0) is 4.79 Å². The van der Waals surface area contributed by atoms with Crippen LogP contribution in [0, 0.1) is 5.41 Å². The number of carbonyl (C=O) groups excluding carboxylic acids is 1. The summed E-state index contributed by atoms with van der Waals surface area (Å²) < 4.78 is 0. The minimum Gasteiger partial charge on any atom is -0.355 e. The van der Waals surface area contributed by atoms with Gasteiger partial charge in [-0.05, 0) is 39.2 Å². The van der Waals surface area contributed by atoms with Crippen LogP contribution in [0.4, 0.5) is 0 Å². The second-order valence-electron chi connectivity index (χ2n) is 4.53. The summed E-state index contributed by atoms with van der Waals surface area (Å²) in [5.41, 5.74) is -0.159. The number of amides is 1. The maximum absolute atomic E-state index is 12.1. The number of nitrogens with one attached hydrogen (secondary N) is 2. The van der Waals surface area contributed by atoms with E-state index in [0.29, 0.717) is 0 Å². The SMILES string of the molecule is C/C=C/CCNC(=O)C1(CC)CCCNC1. The molecule has 0 saturated carbocycles. The van der Waals surface area contributed by atoms with Crippen LogP contribution in [-0.4, -0.2) is 25.5 Å². The fourth-order valence-corrected chi connectivity index (χ4v) is 2.25. The number of rotatable bonds is 5. The van der Waals surface area contributed by atoms with Crippen LogP contribution in [0.15, 0.2) is 12.2 Å². The van der Waals surface area contributed by atoms with Gasteiger partial charge >= 0.3 is 0 Å². The summed E-state index contributed by atoms with van der Waals surface area (Å²) in [5, 5.41) is 6.38. The van der Waals surface area contributed by atoms with Gasteiger partial charge in [0.2, 0.25) is 5.91 Å². The summed E-state index contributed by atoms with van der Waals surface area (Å²) >= 11 is 0. The van der Waals surface area contributed by atoms with Crippen molar-refractivity contribution < 1.29 is 4.79 Å². The molecule has 1 heterocycles.